The highest BCUT2D eigenvalue weighted by Crippen LogP contribution is 2.43. The molecule has 220 valence electrons. The first-order valence-corrected chi connectivity index (χ1v) is 15.7. The van der Waals surface area contributed by atoms with Crippen LogP contribution in [0.3, 0.4) is 0 Å². The summed E-state index contributed by atoms with van der Waals surface area (Å²) in [4.78, 5) is 52.5. The lowest BCUT2D eigenvalue weighted by atomic mass is 10.3. The van der Waals surface area contributed by atoms with E-state index in [9.17, 15) is 38.5 Å². The number of aliphatic hydroxyl groups is 2. The molecule has 16 heteroatoms. The minimum absolute atomic E-state index is 0.111. The molecule has 0 bridgehead atoms. The van der Waals surface area contributed by atoms with Crippen LogP contribution in [-0.4, -0.2) is 108 Å². The molecule has 0 amide bonds. The Balaban J connectivity index is 0. The van der Waals surface area contributed by atoms with E-state index < -0.39 is 50.8 Å². The fourth-order valence-electron chi connectivity index (χ4n) is 1.85. The van der Waals surface area contributed by atoms with E-state index in [0.717, 1.165) is 6.66 Å². The molecule has 0 aliphatic carbocycles. The van der Waals surface area contributed by atoms with Gasteiger partial charge in [-0.2, -0.15) is 0 Å². The SMILES string of the molecule is C=C(C)C(=O)OCC(O)COC(=O)CCP(C)(=O)O.C=C(C)C(=O)OCC(O)COP(C)(=O)CCC(=O)O. The summed E-state index contributed by atoms with van der Waals surface area (Å²) < 4.78 is 41.6. The van der Waals surface area contributed by atoms with Crippen molar-refractivity contribution in [2.75, 3.05) is 52.1 Å². The first-order chi connectivity index (χ1) is 17.3. The van der Waals surface area contributed by atoms with Crippen LogP contribution in [0.5, 0.6) is 0 Å². The van der Waals surface area contributed by atoms with E-state index in [2.05, 4.69) is 27.4 Å². The molecule has 14 nitrogen and oxygen atoms in total. The van der Waals surface area contributed by atoms with Crippen molar-refractivity contribution < 1.29 is 67.3 Å². The number of ether oxygens (including phenoxy) is 3. The molecule has 0 fully saturated rings. The van der Waals surface area contributed by atoms with Gasteiger partial charge in [0.2, 0.25) is 7.37 Å². The van der Waals surface area contributed by atoms with Gasteiger partial charge in [-0.3, -0.25) is 18.7 Å². The molecule has 0 saturated carbocycles. The summed E-state index contributed by atoms with van der Waals surface area (Å²) in [7, 11) is -6.31. The van der Waals surface area contributed by atoms with Crippen LogP contribution < -0.4 is 0 Å². The van der Waals surface area contributed by atoms with Crippen molar-refractivity contribution in [2.45, 2.75) is 38.9 Å². The fourth-order valence-corrected chi connectivity index (χ4v) is 3.66. The summed E-state index contributed by atoms with van der Waals surface area (Å²) in [5, 5.41) is 27.3. The molecule has 4 atom stereocenters. The number of hydrogen-bond acceptors (Lipinski definition) is 12. The molecular formula is C22H38O14P2. The second-order valence-electron chi connectivity index (χ2n) is 8.45. The Morgan fingerprint density at radius 2 is 1.18 bits per heavy atom. The summed E-state index contributed by atoms with van der Waals surface area (Å²) in [6.07, 6.45) is -3.03. The van der Waals surface area contributed by atoms with Crippen molar-refractivity contribution >= 4 is 38.6 Å². The van der Waals surface area contributed by atoms with Crippen LogP contribution in [0.2, 0.25) is 0 Å². The average Bonchev–Trinajstić information content (AvgIpc) is 2.80. The van der Waals surface area contributed by atoms with Crippen LogP contribution >= 0.6 is 14.7 Å². The van der Waals surface area contributed by atoms with Gasteiger partial charge in [-0.25, -0.2) is 9.59 Å². The predicted molar refractivity (Wildman–Crippen MR) is 136 cm³/mol. The number of carbonyl (C=O) groups is 4. The second-order valence-corrected chi connectivity index (χ2v) is 13.7. The van der Waals surface area contributed by atoms with Gasteiger partial charge in [0.25, 0.3) is 0 Å². The Kier molecular flexibility index (Phi) is 18.7. The quantitative estimate of drug-likeness (QED) is 0.0811. The van der Waals surface area contributed by atoms with Crippen molar-refractivity contribution in [3.8, 4) is 0 Å². The number of carboxylic acids is 1. The van der Waals surface area contributed by atoms with Gasteiger partial charge in [-0.05, 0) is 13.8 Å². The Labute approximate surface area is 221 Å². The van der Waals surface area contributed by atoms with Crippen LogP contribution in [0.1, 0.15) is 26.7 Å². The van der Waals surface area contributed by atoms with Crippen LogP contribution in [0.4, 0.5) is 0 Å². The van der Waals surface area contributed by atoms with Crippen LogP contribution in [0.15, 0.2) is 24.3 Å². The van der Waals surface area contributed by atoms with E-state index in [1.165, 1.54) is 20.5 Å². The second kappa shape index (κ2) is 18.8. The van der Waals surface area contributed by atoms with Crippen molar-refractivity contribution in [3.63, 3.8) is 0 Å². The van der Waals surface area contributed by atoms with Gasteiger partial charge >= 0.3 is 23.9 Å². The molecule has 0 aromatic rings. The Bertz CT molecular complexity index is 923. The molecule has 0 spiro atoms. The van der Waals surface area contributed by atoms with E-state index in [-0.39, 0.29) is 62.7 Å². The van der Waals surface area contributed by atoms with Crippen LogP contribution in [0, 0.1) is 0 Å². The van der Waals surface area contributed by atoms with Gasteiger partial charge in [0.1, 0.15) is 32.0 Å². The molecule has 38 heavy (non-hydrogen) atoms. The van der Waals surface area contributed by atoms with Gasteiger partial charge < -0.3 is 38.9 Å². The zero-order chi connectivity index (χ0) is 30.1. The molecule has 0 aromatic heterocycles. The number of carbonyl (C=O) groups excluding carboxylic acids is 3. The number of esters is 3. The lowest BCUT2D eigenvalue weighted by Gasteiger charge is -2.16. The van der Waals surface area contributed by atoms with Crippen molar-refractivity contribution in [1.82, 2.24) is 0 Å². The van der Waals surface area contributed by atoms with Crippen molar-refractivity contribution in [1.29, 1.82) is 0 Å². The lowest BCUT2D eigenvalue weighted by Crippen LogP contribution is -2.25. The maximum atomic E-state index is 11.8. The van der Waals surface area contributed by atoms with E-state index >= 15 is 0 Å². The normalized spacial score (nSPS) is 15.2. The molecule has 0 aliphatic rings. The highest BCUT2D eigenvalue weighted by Gasteiger charge is 2.20. The zero-order valence-electron chi connectivity index (χ0n) is 22.0. The molecule has 0 saturated heterocycles. The van der Waals surface area contributed by atoms with E-state index in [4.69, 9.17) is 14.5 Å². The largest absolute Gasteiger partial charge is 0.481 e. The first-order valence-electron chi connectivity index (χ1n) is 11.1. The number of aliphatic carboxylic acids is 1. The van der Waals surface area contributed by atoms with E-state index in [0.29, 0.717) is 0 Å². The molecule has 0 heterocycles. The number of hydrogen-bond donors (Lipinski definition) is 4. The third-order valence-electron chi connectivity index (χ3n) is 3.95. The topological polar surface area (TPSA) is 220 Å². The lowest BCUT2D eigenvalue weighted by molar-refractivity contribution is -0.150. The van der Waals surface area contributed by atoms with Gasteiger partial charge in [-0.1, -0.05) is 13.2 Å². The van der Waals surface area contributed by atoms with E-state index in [1.807, 2.05) is 0 Å². The van der Waals surface area contributed by atoms with Crippen molar-refractivity contribution in [3.05, 3.63) is 24.3 Å². The first kappa shape index (κ1) is 37.8. The zero-order valence-corrected chi connectivity index (χ0v) is 23.8. The minimum Gasteiger partial charge on any atom is -0.481 e. The maximum Gasteiger partial charge on any atom is 0.333 e. The van der Waals surface area contributed by atoms with Gasteiger partial charge in [0.15, 0.2) is 7.37 Å². The summed E-state index contributed by atoms with van der Waals surface area (Å²) >= 11 is 0. The molecular weight excluding hydrogens is 550 g/mol. The van der Waals surface area contributed by atoms with Crippen LogP contribution in [0.25, 0.3) is 0 Å². The van der Waals surface area contributed by atoms with Gasteiger partial charge in [0, 0.05) is 36.8 Å². The maximum absolute atomic E-state index is 11.8. The molecule has 4 unspecified atom stereocenters. The minimum atomic E-state index is -3.25. The molecule has 0 rings (SSSR count). The molecule has 0 aromatic carbocycles. The summed E-state index contributed by atoms with van der Waals surface area (Å²) in [6.45, 7) is 10.9. The standard InChI is InChI=1S/2C11H19O7P/c1-8(2)11(14)18-7-9(12)6-17-10(13)4-5-19(3,15)16;1-8(2)11(15)17-6-9(12)7-18-19(3,16)5-4-10(13)14/h9,12H,1,4-7H2,2-3H3,(H,15,16);9,12H,1,4-7H2,2-3H3,(H,13,14). The Morgan fingerprint density at radius 3 is 1.58 bits per heavy atom. The van der Waals surface area contributed by atoms with Crippen LogP contribution in [-0.2, 0) is 47.0 Å². The summed E-state index contributed by atoms with van der Waals surface area (Å²) in [5.41, 5.74) is 0.404. The number of rotatable bonds is 17. The molecule has 0 aliphatic heterocycles. The average molecular weight is 588 g/mol. The summed E-state index contributed by atoms with van der Waals surface area (Å²) in [6, 6.07) is 0. The van der Waals surface area contributed by atoms with E-state index in [1.54, 1.807) is 0 Å². The fraction of sp³-hybridized carbons (Fsp3) is 0.636. The third-order valence-corrected chi connectivity index (χ3v) is 6.73. The van der Waals surface area contributed by atoms with Crippen molar-refractivity contribution in [2.24, 2.45) is 0 Å². The summed E-state index contributed by atoms with van der Waals surface area (Å²) in [5.74, 6) is -3.04. The third kappa shape index (κ3) is 24.0. The molecule has 0 radical (unpaired) electrons. The Hall–Kier alpha value is -2.34. The van der Waals surface area contributed by atoms with Gasteiger partial charge in [-0.15, -0.1) is 0 Å². The monoisotopic (exact) mass is 588 g/mol. The predicted octanol–water partition coefficient (Wildman–Crippen LogP) is 1.17. The molecule has 4 N–H and O–H groups in total. The smallest absolute Gasteiger partial charge is 0.333 e. The Morgan fingerprint density at radius 1 is 0.763 bits per heavy atom. The van der Waals surface area contributed by atoms with Gasteiger partial charge in [0.05, 0.1) is 19.4 Å². The highest BCUT2D eigenvalue weighted by molar-refractivity contribution is 7.58. The number of aliphatic hydroxyl groups excluding tert-OH is 2. The number of carboxylic acid groups (broad SMARTS) is 1. The highest BCUT2D eigenvalue weighted by atomic mass is 31.2.